The zero-order valence-electron chi connectivity index (χ0n) is 9.22. The Labute approximate surface area is 89.8 Å². The summed E-state index contributed by atoms with van der Waals surface area (Å²) in [6.45, 7) is 2.80. The Morgan fingerprint density at radius 3 is 2.60 bits per heavy atom. The van der Waals surface area contributed by atoms with Crippen LogP contribution in [-0.4, -0.2) is 57.3 Å². The quantitative estimate of drug-likeness (QED) is 0.677. The number of rotatable bonds is 6. The molecular weight excluding hydrogens is 202 g/mol. The predicted octanol–water partition coefficient (Wildman–Crippen LogP) is 0.952. The first-order chi connectivity index (χ1) is 7.22. The van der Waals surface area contributed by atoms with Gasteiger partial charge in [0.25, 0.3) is 6.43 Å². The predicted molar refractivity (Wildman–Crippen MR) is 55.3 cm³/mol. The van der Waals surface area contributed by atoms with Crippen LogP contribution in [0.3, 0.4) is 0 Å². The summed E-state index contributed by atoms with van der Waals surface area (Å²) in [6.07, 6.45) is -0.0866. The molecule has 0 bridgehead atoms. The zero-order chi connectivity index (χ0) is 11.1. The maximum absolute atomic E-state index is 11.8. The first kappa shape index (κ1) is 12.8. The molecule has 90 valence electrons. The van der Waals surface area contributed by atoms with Crippen LogP contribution < -0.4 is 5.32 Å². The van der Waals surface area contributed by atoms with Gasteiger partial charge in [-0.3, -0.25) is 0 Å². The van der Waals surface area contributed by atoms with Gasteiger partial charge in [-0.15, -0.1) is 0 Å². The summed E-state index contributed by atoms with van der Waals surface area (Å²) in [7, 11) is 1.98. The summed E-state index contributed by atoms with van der Waals surface area (Å²) >= 11 is 0. The van der Waals surface area contributed by atoms with E-state index in [-0.39, 0.29) is 0 Å². The summed E-state index contributed by atoms with van der Waals surface area (Å²) < 4.78 is 28.3. The summed E-state index contributed by atoms with van der Waals surface area (Å²) in [4.78, 5) is 2.26. The van der Waals surface area contributed by atoms with Crippen molar-refractivity contribution in [3.8, 4) is 0 Å². The van der Waals surface area contributed by atoms with Crippen molar-refractivity contribution in [2.45, 2.75) is 25.3 Å². The lowest BCUT2D eigenvalue weighted by Crippen LogP contribution is -2.42. The third-order valence-corrected chi connectivity index (χ3v) is 2.79. The van der Waals surface area contributed by atoms with Gasteiger partial charge in [0.2, 0.25) is 0 Å². The molecule has 15 heavy (non-hydrogen) atoms. The Morgan fingerprint density at radius 1 is 1.40 bits per heavy atom. The van der Waals surface area contributed by atoms with Gasteiger partial charge in [0.15, 0.2) is 0 Å². The number of hydrogen-bond donors (Lipinski definition) is 1. The molecule has 0 aromatic carbocycles. The van der Waals surface area contributed by atoms with E-state index < -0.39 is 13.0 Å². The Balaban J connectivity index is 1.99. The summed E-state index contributed by atoms with van der Waals surface area (Å²) in [6, 6.07) is 0.614. The molecule has 0 spiro atoms. The standard InChI is InChI=1S/C10H20F2N2O/c1-13-9-2-4-14(5-3-9)6-7-15-8-10(11)12/h9-10,13H,2-8H2,1H3. The highest BCUT2D eigenvalue weighted by molar-refractivity contribution is 4.75. The summed E-state index contributed by atoms with van der Waals surface area (Å²) in [5.74, 6) is 0. The van der Waals surface area contributed by atoms with Crippen LogP contribution in [0.2, 0.25) is 0 Å². The highest BCUT2D eigenvalue weighted by Gasteiger charge is 2.17. The average Bonchev–Trinajstić information content (AvgIpc) is 2.25. The Kier molecular flexibility index (Phi) is 6.05. The second-order valence-corrected chi connectivity index (χ2v) is 3.87. The molecule has 0 aliphatic carbocycles. The second kappa shape index (κ2) is 7.09. The number of nitrogens with zero attached hydrogens (tertiary/aromatic N) is 1. The lowest BCUT2D eigenvalue weighted by Gasteiger charge is -2.31. The molecule has 1 fully saturated rings. The number of piperidine rings is 1. The van der Waals surface area contributed by atoms with Crippen LogP contribution in [-0.2, 0) is 4.74 Å². The van der Waals surface area contributed by atoms with E-state index in [9.17, 15) is 8.78 Å². The SMILES string of the molecule is CNC1CCN(CCOCC(F)F)CC1. The second-order valence-electron chi connectivity index (χ2n) is 3.87. The van der Waals surface area contributed by atoms with E-state index in [0.29, 0.717) is 12.6 Å². The monoisotopic (exact) mass is 222 g/mol. The van der Waals surface area contributed by atoms with E-state index in [4.69, 9.17) is 4.74 Å². The fourth-order valence-electron chi connectivity index (χ4n) is 1.81. The van der Waals surface area contributed by atoms with Crippen LogP contribution >= 0.6 is 0 Å². The molecule has 1 aliphatic rings. The lowest BCUT2D eigenvalue weighted by molar-refractivity contribution is 0.00770. The molecule has 0 unspecified atom stereocenters. The Morgan fingerprint density at radius 2 is 2.07 bits per heavy atom. The number of likely N-dealkylation sites (tertiary alicyclic amines) is 1. The van der Waals surface area contributed by atoms with Crippen molar-refractivity contribution in [3.05, 3.63) is 0 Å². The molecule has 0 amide bonds. The fraction of sp³-hybridized carbons (Fsp3) is 1.00. The van der Waals surface area contributed by atoms with Gasteiger partial charge >= 0.3 is 0 Å². The number of ether oxygens (including phenoxy) is 1. The minimum absolute atomic E-state index is 0.411. The van der Waals surface area contributed by atoms with Crippen molar-refractivity contribution in [1.29, 1.82) is 0 Å². The molecule has 0 aromatic heterocycles. The van der Waals surface area contributed by atoms with Gasteiger partial charge in [-0.05, 0) is 33.0 Å². The van der Waals surface area contributed by atoms with Crippen LogP contribution in [0.1, 0.15) is 12.8 Å². The molecule has 1 saturated heterocycles. The average molecular weight is 222 g/mol. The van der Waals surface area contributed by atoms with Crippen LogP contribution in [0.5, 0.6) is 0 Å². The lowest BCUT2D eigenvalue weighted by atomic mass is 10.1. The normalized spacial score (nSPS) is 20.0. The molecule has 1 heterocycles. The Bertz CT molecular complexity index is 162. The van der Waals surface area contributed by atoms with Gasteiger partial charge < -0.3 is 15.0 Å². The van der Waals surface area contributed by atoms with Gasteiger partial charge in [-0.25, -0.2) is 8.78 Å². The first-order valence-corrected chi connectivity index (χ1v) is 5.48. The van der Waals surface area contributed by atoms with Gasteiger partial charge in [0, 0.05) is 12.6 Å². The van der Waals surface area contributed by atoms with Crippen LogP contribution in [0.4, 0.5) is 8.78 Å². The van der Waals surface area contributed by atoms with Crippen LogP contribution in [0.15, 0.2) is 0 Å². The van der Waals surface area contributed by atoms with Crippen molar-refractivity contribution in [3.63, 3.8) is 0 Å². The molecule has 1 rings (SSSR count). The van der Waals surface area contributed by atoms with Gasteiger partial charge in [0.05, 0.1) is 6.61 Å². The topological polar surface area (TPSA) is 24.5 Å². The molecule has 0 radical (unpaired) electrons. The van der Waals surface area contributed by atoms with E-state index in [2.05, 4.69) is 10.2 Å². The molecule has 0 atom stereocenters. The highest BCUT2D eigenvalue weighted by atomic mass is 19.3. The van der Waals surface area contributed by atoms with Gasteiger partial charge in [0.1, 0.15) is 6.61 Å². The van der Waals surface area contributed by atoms with Crippen molar-refractivity contribution < 1.29 is 13.5 Å². The third kappa shape index (κ3) is 5.39. The van der Waals surface area contributed by atoms with E-state index in [1.165, 1.54) is 0 Å². The smallest absolute Gasteiger partial charge is 0.261 e. The first-order valence-electron chi connectivity index (χ1n) is 5.48. The molecule has 0 saturated carbocycles. The van der Waals surface area contributed by atoms with Crippen molar-refractivity contribution >= 4 is 0 Å². The molecule has 3 nitrogen and oxygen atoms in total. The Hall–Kier alpha value is -0.260. The molecule has 0 aromatic rings. The maximum Gasteiger partial charge on any atom is 0.261 e. The maximum atomic E-state index is 11.8. The van der Waals surface area contributed by atoms with Gasteiger partial charge in [-0.2, -0.15) is 0 Å². The number of hydrogen-bond acceptors (Lipinski definition) is 3. The summed E-state index contributed by atoms with van der Waals surface area (Å²) in [5.41, 5.74) is 0. The molecule has 1 aliphatic heterocycles. The van der Waals surface area contributed by atoms with E-state index in [0.717, 1.165) is 32.5 Å². The van der Waals surface area contributed by atoms with E-state index in [1.807, 2.05) is 7.05 Å². The van der Waals surface area contributed by atoms with Crippen LogP contribution in [0, 0.1) is 0 Å². The highest BCUT2D eigenvalue weighted by Crippen LogP contribution is 2.09. The zero-order valence-corrected chi connectivity index (χ0v) is 9.22. The van der Waals surface area contributed by atoms with Crippen molar-refractivity contribution in [1.82, 2.24) is 10.2 Å². The number of halogens is 2. The summed E-state index contributed by atoms with van der Waals surface area (Å²) in [5, 5.41) is 3.25. The molecule has 1 N–H and O–H groups in total. The van der Waals surface area contributed by atoms with Crippen LogP contribution in [0.25, 0.3) is 0 Å². The third-order valence-electron chi connectivity index (χ3n) is 2.79. The minimum atomic E-state index is -2.35. The molecule has 5 heteroatoms. The van der Waals surface area contributed by atoms with Crippen molar-refractivity contribution in [2.24, 2.45) is 0 Å². The van der Waals surface area contributed by atoms with E-state index in [1.54, 1.807) is 0 Å². The minimum Gasteiger partial charge on any atom is -0.374 e. The molecular formula is C10H20F2N2O. The number of nitrogens with one attached hydrogen (secondary N) is 1. The number of alkyl halides is 2. The van der Waals surface area contributed by atoms with Gasteiger partial charge in [-0.1, -0.05) is 0 Å². The fourth-order valence-corrected chi connectivity index (χ4v) is 1.81. The largest absolute Gasteiger partial charge is 0.374 e. The van der Waals surface area contributed by atoms with Crippen molar-refractivity contribution in [2.75, 3.05) is 39.9 Å². The van der Waals surface area contributed by atoms with E-state index >= 15 is 0 Å².